The summed E-state index contributed by atoms with van der Waals surface area (Å²) in [5, 5.41) is 5.61. The molecule has 2 N–H and O–H groups in total. The highest BCUT2D eigenvalue weighted by atomic mass is 32.2. The molecule has 3 aromatic rings. The highest BCUT2D eigenvalue weighted by Gasteiger charge is 2.16. The Kier molecular flexibility index (Phi) is 9.74. The summed E-state index contributed by atoms with van der Waals surface area (Å²) in [4.78, 5) is 30.9. The number of hydrogen-bond acceptors (Lipinski definition) is 5. The van der Waals surface area contributed by atoms with Crippen molar-refractivity contribution in [3.63, 3.8) is 0 Å². The molecule has 0 atom stereocenters. The van der Waals surface area contributed by atoms with Crippen LogP contribution in [0.1, 0.15) is 53.2 Å². The van der Waals surface area contributed by atoms with Crippen molar-refractivity contribution in [1.82, 2.24) is 5.32 Å². The van der Waals surface area contributed by atoms with Crippen molar-refractivity contribution in [3.05, 3.63) is 89.0 Å². The fraction of sp³-hybridized carbons (Fsp3) is 0.258. The number of fused-ring (bicyclic) bond motifs is 1. The minimum absolute atomic E-state index is 0.0181. The fourth-order valence-corrected chi connectivity index (χ4v) is 4.94. The third-order valence-electron chi connectivity index (χ3n) is 5.86. The molecular formula is C31H31N3O3S. The second-order valence-electron chi connectivity index (χ2n) is 8.75. The summed E-state index contributed by atoms with van der Waals surface area (Å²) in [6.45, 7) is 3.99. The van der Waals surface area contributed by atoms with Crippen molar-refractivity contribution >= 4 is 35.0 Å². The Hall–Kier alpha value is -3.86. The molecule has 0 saturated carbocycles. The number of carbonyl (C=O) groups is 2. The molecule has 0 unspecified atom stereocenters. The predicted octanol–water partition coefficient (Wildman–Crippen LogP) is 5.70. The summed E-state index contributed by atoms with van der Waals surface area (Å²) >= 11 is 1.56. The molecule has 0 radical (unpaired) electrons. The van der Waals surface area contributed by atoms with Crippen molar-refractivity contribution in [3.8, 4) is 11.8 Å². The molecule has 1 heterocycles. The zero-order valence-corrected chi connectivity index (χ0v) is 22.5. The molecule has 3 aromatic carbocycles. The van der Waals surface area contributed by atoms with Crippen LogP contribution in [-0.4, -0.2) is 37.8 Å². The number of nitrogens with zero attached hydrogens (tertiary/aromatic N) is 1. The Bertz CT molecular complexity index is 1390. The lowest BCUT2D eigenvalue weighted by atomic mass is 10.1. The summed E-state index contributed by atoms with van der Waals surface area (Å²) < 4.78 is 5.42. The van der Waals surface area contributed by atoms with Crippen molar-refractivity contribution in [2.24, 2.45) is 4.99 Å². The Labute approximate surface area is 228 Å². The summed E-state index contributed by atoms with van der Waals surface area (Å²) in [5.74, 6) is 6.27. The molecule has 0 fully saturated rings. The average molecular weight is 526 g/mol. The van der Waals surface area contributed by atoms with Gasteiger partial charge in [-0.15, -0.1) is 0 Å². The summed E-state index contributed by atoms with van der Waals surface area (Å²) in [6, 6.07) is 21.3. The van der Waals surface area contributed by atoms with Gasteiger partial charge in [0.05, 0.1) is 12.1 Å². The molecule has 4 rings (SSSR count). The average Bonchev–Trinajstić information content (AvgIpc) is 3.34. The largest absolute Gasteiger partial charge is 0.381 e. The number of rotatable bonds is 10. The zero-order valence-electron chi connectivity index (χ0n) is 21.7. The van der Waals surface area contributed by atoms with Gasteiger partial charge in [0.15, 0.2) is 0 Å². The molecule has 0 spiro atoms. The molecule has 194 valence electrons. The van der Waals surface area contributed by atoms with Gasteiger partial charge in [0.1, 0.15) is 5.71 Å². The first kappa shape index (κ1) is 27.2. The second kappa shape index (κ2) is 13.6. The lowest BCUT2D eigenvalue weighted by molar-refractivity contribution is -0.116. The first-order valence-corrected chi connectivity index (χ1v) is 13.6. The van der Waals surface area contributed by atoms with E-state index in [0.717, 1.165) is 50.9 Å². The van der Waals surface area contributed by atoms with Gasteiger partial charge in [0.25, 0.3) is 5.91 Å². The van der Waals surface area contributed by atoms with Crippen LogP contribution in [0.3, 0.4) is 0 Å². The van der Waals surface area contributed by atoms with Gasteiger partial charge in [0.2, 0.25) is 5.91 Å². The van der Waals surface area contributed by atoms with Gasteiger partial charge < -0.3 is 15.4 Å². The fourth-order valence-electron chi connectivity index (χ4n) is 3.93. The Morgan fingerprint density at radius 3 is 2.63 bits per heavy atom. The monoisotopic (exact) mass is 525 g/mol. The third-order valence-corrected chi connectivity index (χ3v) is 6.93. The van der Waals surface area contributed by atoms with E-state index in [-0.39, 0.29) is 11.8 Å². The second-order valence-corrected chi connectivity index (χ2v) is 9.87. The highest BCUT2D eigenvalue weighted by molar-refractivity contribution is 7.99. The van der Waals surface area contributed by atoms with Crippen molar-refractivity contribution in [2.75, 3.05) is 25.6 Å². The van der Waals surface area contributed by atoms with Gasteiger partial charge in [-0.3, -0.25) is 14.6 Å². The van der Waals surface area contributed by atoms with Crippen LogP contribution in [0, 0.1) is 11.8 Å². The SMILES string of the molecule is CCCOCCCC(=O)Nc1ccc(C#CC2=NCc3cc(Sc4ccccc4C(=O)NC)ccc32)cc1. The Morgan fingerprint density at radius 1 is 1.03 bits per heavy atom. The van der Waals surface area contributed by atoms with E-state index in [4.69, 9.17) is 4.74 Å². The van der Waals surface area contributed by atoms with Gasteiger partial charge in [-0.05, 0) is 72.9 Å². The maximum atomic E-state index is 12.2. The van der Waals surface area contributed by atoms with Crippen molar-refractivity contribution in [2.45, 2.75) is 42.5 Å². The molecular weight excluding hydrogens is 494 g/mol. The third kappa shape index (κ3) is 7.34. The summed E-state index contributed by atoms with van der Waals surface area (Å²) in [7, 11) is 1.64. The van der Waals surface area contributed by atoms with Crippen molar-refractivity contribution in [1.29, 1.82) is 0 Å². The van der Waals surface area contributed by atoms with E-state index in [9.17, 15) is 9.59 Å². The highest BCUT2D eigenvalue weighted by Crippen LogP contribution is 2.33. The molecule has 7 heteroatoms. The van der Waals surface area contributed by atoms with Crippen molar-refractivity contribution < 1.29 is 14.3 Å². The standard InChI is InChI=1S/C31H31N3O3S/c1-3-18-37-19-6-9-30(35)34-24-13-10-22(11-14-24)12-17-28-26-16-15-25(20-23(26)21-33-28)38-29-8-5-4-7-27(29)31(36)32-2/h4-5,7-8,10-11,13-16,20H,3,6,9,18-19,21H2,1-2H3,(H,32,36)(H,34,35). The quantitative estimate of drug-likeness (QED) is 0.263. The van der Waals surface area contributed by atoms with E-state index in [1.54, 1.807) is 18.8 Å². The molecule has 0 aliphatic carbocycles. The maximum absolute atomic E-state index is 12.2. The van der Waals surface area contributed by atoms with E-state index >= 15 is 0 Å². The van der Waals surface area contributed by atoms with Crippen LogP contribution in [-0.2, 0) is 16.1 Å². The van der Waals surface area contributed by atoms with Gasteiger partial charge in [0, 0.05) is 53.3 Å². The molecule has 38 heavy (non-hydrogen) atoms. The minimum atomic E-state index is -0.0986. The lowest BCUT2D eigenvalue weighted by Gasteiger charge is -2.09. The molecule has 6 nitrogen and oxygen atoms in total. The number of nitrogens with one attached hydrogen (secondary N) is 2. The maximum Gasteiger partial charge on any atom is 0.252 e. The number of benzene rings is 3. The number of amides is 2. The van der Waals surface area contributed by atoms with Gasteiger partial charge in [-0.25, -0.2) is 0 Å². The van der Waals surface area contributed by atoms with Crippen LogP contribution in [0.4, 0.5) is 5.69 Å². The van der Waals surface area contributed by atoms with Crippen LogP contribution in [0.2, 0.25) is 0 Å². The molecule has 0 saturated heterocycles. The molecule has 0 bridgehead atoms. The van der Waals surface area contributed by atoms with Crippen LogP contribution >= 0.6 is 11.8 Å². The molecule has 0 aromatic heterocycles. The van der Waals surface area contributed by atoms with E-state index in [2.05, 4.69) is 40.5 Å². The predicted molar refractivity (Wildman–Crippen MR) is 153 cm³/mol. The van der Waals surface area contributed by atoms with E-state index < -0.39 is 0 Å². The van der Waals surface area contributed by atoms with Crippen LogP contribution < -0.4 is 10.6 Å². The van der Waals surface area contributed by atoms with E-state index in [1.807, 2.05) is 60.7 Å². The number of carbonyl (C=O) groups excluding carboxylic acids is 2. The molecule has 2 amide bonds. The Balaban J connectivity index is 1.35. The number of hydrogen-bond donors (Lipinski definition) is 2. The van der Waals surface area contributed by atoms with Crippen LogP contribution in [0.25, 0.3) is 0 Å². The number of aliphatic imine (C=N–C) groups is 1. The van der Waals surface area contributed by atoms with Crippen LogP contribution in [0.5, 0.6) is 0 Å². The van der Waals surface area contributed by atoms with E-state index in [0.29, 0.717) is 31.6 Å². The summed E-state index contributed by atoms with van der Waals surface area (Å²) in [6.07, 6.45) is 2.13. The first-order valence-electron chi connectivity index (χ1n) is 12.7. The topological polar surface area (TPSA) is 79.8 Å². The van der Waals surface area contributed by atoms with Gasteiger partial charge >= 0.3 is 0 Å². The minimum Gasteiger partial charge on any atom is -0.381 e. The lowest BCUT2D eigenvalue weighted by Crippen LogP contribution is -2.18. The summed E-state index contributed by atoms with van der Waals surface area (Å²) in [5.41, 5.74) is 5.19. The van der Waals surface area contributed by atoms with Crippen LogP contribution in [0.15, 0.2) is 81.5 Å². The first-order chi connectivity index (χ1) is 18.6. The molecule has 1 aliphatic rings. The normalized spacial score (nSPS) is 11.7. The number of ether oxygens (including phenoxy) is 1. The van der Waals surface area contributed by atoms with Gasteiger partial charge in [-0.2, -0.15) is 0 Å². The zero-order chi connectivity index (χ0) is 26.7. The Morgan fingerprint density at radius 2 is 1.84 bits per heavy atom. The number of anilines is 1. The smallest absolute Gasteiger partial charge is 0.252 e. The van der Waals surface area contributed by atoms with E-state index in [1.165, 1.54) is 0 Å². The van der Waals surface area contributed by atoms with Gasteiger partial charge in [-0.1, -0.05) is 42.8 Å². The molecule has 1 aliphatic heterocycles.